The Balaban J connectivity index is 1.51. The summed E-state index contributed by atoms with van der Waals surface area (Å²) in [6, 6.07) is 7.28. The molecule has 7 nitrogen and oxygen atoms in total. The summed E-state index contributed by atoms with van der Waals surface area (Å²) >= 11 is 6.15. The van der Waals surface area contributed by atoms with Crippen molar-refractivity contribution in [2.24, 2.45) is 0 Å². The second kappa shape index (κ2) is 7.97. The Labute approximate surface area is 189 Å². The molecule has 1 saturated heterocycles. The SMILES string of the molecule is O=C(c1ccc2ncc(N3CCCC3)nc2c1)c1c(Cl)ccc(NS(=O)(=O)C2CC2)c1F. The average molecular weight is 475 g/mol. The van der Waals surface area contributed by atoms with Gasteiger partial charge in [0.25, 0.3) is 0 Å². The molecule has 0 bridgehead atoms. The molecule has 2 heterocycles. The molecular weight excluding hydrogens is 455 g/mol. The number of fused-ring (bicyclic) bond motifs is 1. The molecule has 1 saturated carbocycles. The van der Waals surface area contributed by atoms with Gasteiger partial charge in [0.15, 0.2) is 11.6 Å². The van der Waals surface area contributed by atoms with Crippen molar-refractivity contribution < 1.29 is 17.6 Å². The summed E-state index contributed by atoms with van der Waals surface area (Å²) in [5.74, 6) is -0.917. The van der Waals surface area contributed by atoms with Gasteiger partial charge in [-0.2, -0.15) is 0 Å². The lowest BCUT2D eigenvalue weighted by atomic mass is 10.0. The van der Waals surface area contributed by atoms with E-state index in [-0.39, 0.29) is 21.8 Å². The standard InChI is InChI=1S/C22H20ClFN4O3S/c23-15-6-8-17(27-32(30,31)14-4-5-14)21(24)20(15)22(29)13-3-7-16-18(11-13)26-19(12-25-16)28-9-1-2-10-28/h3,6-8,11-12,14,27H,1-2,4-5,9-10H2. The quantitative estimate of drug-likeness (QED) is 0.539. The highest BCUT2D eigenvalue weighted by Crippen LogP contribution is 2.33. The molecule has 0 atom stereocenters. The topological polar surface area (TPSA) is 92.3 Å². The van der Waals surface area contributed by atoms with Crippen LogP contribution < -0.4 is 9.62 Å². The number of rotatable bonds is 6. The van der Waals surface area contributed by atoms with E-state index in [1.165, 1.54) is 18.2 Å². The number of nitrogens with zero attached hydrogens (tertiary/aromatic N) is 3. The van der Waals surface area contributed by atoms with Crippen LogP contribution in [0.25, 0.3) is 11.0 Å². The third kappa shape index (κ3) is 3.91. The molecule has 2 aliphatic rings. The first-order chi connectivity index (χ1) is 15.3. The van der Waals surface area contributed by atoms with E-state index in [4.69, 9.17) is 11.6 Å². The van der Waals surface area contributed by atoms with Gasteiger partial charge in [-0.15, -0.1) is 0 Å². The van der Waals surface area contributed by atoms with Crippen LogP contribution in [0.3, 0.4) is 0 Å². The highest BCUT2D eigenvalue weighted by Gasteiger charge is 2.36. The lowest BCUT2D eigenvalue weighted by Crippen LogP contribution is -2.19. The number of aromatic nitrogens is 2. The number of sulfonamides is 1. The maximum absolute atomic E-state index is 15.2. The molecule has 1 aliphatic carbocycles. The van der Waals surface area contributed by atoms with Crippen LogP contribution in [0.5, 0.6) is 0 Å². The number of ketones is 1. The van der Waals surface area contributed by atoms with Gasteiger partial charge in [-0.3, -0.25) is 14.5 Å². The molecule has 0 spiro atoms. The molecule has 10 heteroatoms. The van der Waals surface area contributed by atoms with E-state index in [2.05, 4.69) is 19.6 Å². The minimum Gasteiger partial charge on any atom is -0.355 e. The summed E-state index contributed by atoms with van der Waals surface area (Å²) in [5, 5.41) is -0.625. The number of nitrogens with one attached hydrogen (secondary N) is 1. The van der Waals surface area contributed by atoms with E-state index in [9.17, 15) is 13.2 Å². The Hall–Kier alpha value is -2.78. The summed E-state index contributed by atoms with van der Waals surface area (Å²) in [4.78, 5) is 24.4. The third-order valence-electron chi connectivity index (χ3n) is 5.76. The first-order valence-electron chi connectivity index (χ1n) is 10.4. The number of hydrogen-bond donors (Lipinski definition) is 1. The fraction of sp³-hybridized carbons (Fsp3) is 0.318. The third-order valence-corrected chi connectivity index (χ3v) is 7.92. The van der Waals surface area contributed by atoms with E-state index in [0.717, 1.165) is 31.7 Å². The molecule has 0 unspecified atom stereocenters. The van der Waals surface area contributed by atoms with E-state index in [0.29, 0.717) is 23.9 Å². The van der Waals surface area contributed by atoms with Crippen molar-refractivity contribution in [2.75, 3.05) is 22.7 Å². The zero-order chi connectivity index (χ0) is 22.5. The molecule has 0 amide bonds. The Morgan fingerprint density at radius 2 is 1.88 bits per heavy atom. The van der Waals surface area contributed by atoms with Crippen LogP contribution in [0.2, 0.25) is 5.02 Å². The lowest BCUT2D eigenvalue weighted by molar-refractivity contribution is 0.103. The van der Waals surface area contributed by atoms with Crippen molar-refractivity contribution in [1.29, 1.82) is 0 Å². The number of anilines is 2. The first kappa shape index (κ1) is 21.1. The number of carbonyl (C=O) groups excluding carboxylic acids is 1. The van der Waals surface area contributed by atoms with Crippen molar-refractivity contribution in [3.63, 3.8) is 0 Å². The molecule has 166 valence electrons. The minimum absolute atomic E-state index is 0.0983. The molecule has 1 aliphatic heterocycles. The number of hydrogen-bond acceptors (Lipinski definition) is 6. The maximum Gasteiger partial charge on any atom is 0.235 e. The average Bonchev–Trinajstić information content (AvgIpc) is 3.51. The Bertz CT molecular complexity index is 1340. The fourth-order valence-electron chi connectivity index (χ4n) is 3.84. The van der Waals surface area contributed by atoms with Gasteiger partial charge in [0.1, 0.15) is 5.82 Å². The highest BCUT2D eigenvalue weighted by molar-refractivity contribution is 7.93. The minimum atomic E-state index is -3.69. The lowest BCUT2D eigenvalue weighted by Gasteiger charge is -2.16. The van der Waals surface area contributed by atoms with Crippen LogP contribution in [0.1, 0.15) is 41.6 Å². The zero-order valence-electron chi connectivity index (χ0n) is 17.0. The van der Waals surface area contributed by atoms with Crippen LogP contribution in [0, 0.1) is 5.82 Å². The number of halogens is 2. The van der Waals surface area contributed by atoms with Crippen LogP contribution in [-0.4, -0.2) is 42.5 Å². The largest absolute Gasteiger partial charge is 0.355 e. The smallest absolute Gasteiger partial charge is 0.235 e. The molecule has 3 aromatic rings. The second-order valence-corrected chi connectivity index (χ2v) is 10.5. The molecule has 2 fully saturated rings. The monoisotopic (exact) mass is 474 g/mol. The summed E-state index contributed by atoms with van der Waals surface area (Å²) in [7, 11) is -3.69. The molecule has 1 aromatic heterocycles. The summed E-state index contributed by atoms with van der Waals surface area (Å²) in [5.41, 5.74) is 0.643. The van der Waals surface area contributed by atoms with E-state index in [1.807, 2.05) is 0 Å². The first-order valence-corrected chi connectivity index (χ1v) is 12.3. The predicted molar refractivity (Wildman–Crippen MR) is 121 cm³/mol. The van der Waals surface area contributed by atoms with Gasteiger partial charge >= 0.3 is 0 Å². The Morgan fingerprint density at radius 3 is 2.59 bits per heavy atom. The van der Waals surface area contributed by atoms with Crippen molar-refractivity contribution in [3.8, 4) is 0 Å². The van der Waals surface area contributed by atoms with E-state index >= 15 is 4.39 Å². The maximum atomic E-state index is 15.2. The van der Waals surface area contributed by atoms with E-state index in [1.54, 1.807) is 18.3 Å². The Kier molecular flexibility index (Phi) is 5.25. The molecular formula is C22H20ClFN4O3S. The van der Waals surface area contributed by atoms with Crippen LogP contribution in [0.4, 0.5) is 15.9 Å². The normalized spacial score (nSPS) is 16.5. The summed E-state index contributed by atoms with van der Waals surface area (Å²) in [6.07, 6.45) is 4.97. The van der Waals surface area contributed by atoms with Crippen LogP contribution in [-0.2, 0) is 10.0 Å². The van der Waals surface area contributed by atoms with Crippen LogP contribution >= 0.6 is 11.6 Å². The van der Waals surface area contributed by atoms with Gasteiger partial charge in [-0.05, 0) is 56.0 Å². The van der Waals surface area contributed by atoms with Crippen molar-refractivity contribution in [3.05, 3.63) is 58.5 Å². The molecule has 1 N–H and O–H groups in total. The predicted octanol–water partition coefficient (Wildman–Crippen LogP) is 4.16. The zero-order valence-corrected chi connectivity index (χ0v) is 18.6. The summed E-state index contributed by atoms with van der Waals surface area (Å²) in [6.45, 7) is 1.81. The second-order valence-electron chi connectivity index (χ2n) is 8.09. The van der Waals surface area contributed by atoms with Gasteiger partial charge in [0.05, 0.1) is 38.8 Å². The number of carbonyl (C=O) groups is 1. The van der Waals surface area contributed by atoms with Crippen LogP contribution in [0.15, 0.2) is 36.5 Å². The van der Waals surface area contributed by atoms with Crippen molar-refractivity contribution >= 4 is 49.9 Å². The molecule has 32 heavy (non-hydrogen) atoms. The highest BCUT2D eigenvalue weighted by atomic mass is 35.5. The van der Waals surface area contributed by atoms with E-state index < -0.39 is 26.9 Å². The van der Waals surface area contributed by atoms with Gasteiger partial charge in [-0.1, -0.05) is 11.6 Å². The van der Waals surface area contributed by atoms with Gasteiger partial charge in [-0.25, -0.2) is 17.8 Å². The Morgan fingerprint density at radius 1 is 1.12 bits per heavy atom. The van der Waals surface area contributed by atoms with Gasteiger partial charge in [0.2, 0.25) is 10.0 Å². The fourth-order valence-corrected chi connectivity index (χ4v) is 5.46. The molecule has 0 radical (unpaired) electrons. The van der Waals surface area contributed by atoms with Gasteiger partial charge < -0.3 is 4.90 Å². The van der Waals surface area contributed by atoms with Crippen molar-refractivity contribution in [1.82, 2.24) is 9.97 Å². The van der Waals surface area contributed by atoms with Gasteiger partial charge in [0, 0.05) is 18.7 Å². The molecule has 2 aromatic carbocycles. The number of benzene rings is 2. The molecule has 5 rings (SSSR count). The summed E-state index contributed by atoms with van der Waals surface area (Å²) < 4.78 is 41.9. The van der Waals surface area contributed by atoms with Crippen molar-refractivity contribution in [2.45, 2.75) is 30.9 Å².